The summed E-state index contributed by atoms with van der Waals surface area (Å²) in [6.07, 6.45) is 14.9. The molecule has 1 aromatic heterocycles. The van der Waals surface area contributed by atoms with Crippen LogP contribution in [-0.4, -0.2) is 24.3 Å². The fourth-order valence-electron chi connectivity index (χ4n) is 3.94. The molecular formula is C32H38FNO2. The summed E-state index contributed by atoms with van der Waals surface area (Å²) >= 11 is 0. The summed E-state index contributed by atoms with van der Waals surface area (Å²) in [5.41, 5.74) is 4.38. The number of rotatable bonds is 15. The first-order valence-electron chi connectivity index (χ1n) is 13.0. The van der Waals surface area contributed by atoms with Crippen LogP contribution in [0.3, 0.4) is 0 Å². The molecule has 0 amide bonds. The van der Waals surface area contributed by atoms with E-state index in [1.165, 1.54) is 18.9 Å². The Morgan fingerprint density at radius 3 is 2.44 bits per heavy atom. The van der Waals surface area contributed by atoms with Gasteiger partial charge >= 0.3 is 0 Å². The van der Waals surface area contributed by atoms with E-state index < -0.39 is 0 Å². The Morgan fingerprint density at radius 2 is 1.75 bits per heavy atom. The van der Waals surface area contributed by atoms with Gasteiger partial charge in [0.05, 0.1) is 11.8 Å². The van der Waals surface area contributed by atoms with Crippen LogP contribution in [0, 0.1) is 5.82 Å². The lowest BCUT2D eigenvalue weighted by molar-refractivity contribution is 0.0566. The van der Waals surface area contributed by atoms with E-state index in [-0.39, 0.29) is 5.82 Å². The van der Waals surface area contributed by atoms with Crippen molar-refractivity contribution in [3.8, 4) is 28.0 Å². The van der Waals surface area contributed by atoms with Gasteiger partial charge in [-0.1, -0.05) is 68.8 Å². The van der Waals surface area contributed by atoms with Crippen LogP contribution in [0.2, 0.25) is 0 Å². The van der Waals surface area contributed by atoms with Crippen molar-refractivity contribution in [3.63, 3.8) is 0 Å². The highest BCUT2D eigenvalue weighted by Gasteiger charge is 2.08. The standard InChI is InChI=1S/C32H38FNO2/c1-4-6-10-22-35-25(3)11-8-7-9-12-29-18-17-28(24-34-29)26-13-15-27(16-14-26)31-20-19-30(23-32(31)33)36-21-5-2/h5,9,12-20,23-25H,2,4,6-8,10-11,21-22H2,1,3H3. The molecule has 3 aromatic rings. The van der Waals surface area contributed by atoms with Crippen molar-refractivity contribution in [2.75, 3.05) is 13.2 Å². The lowest BCUT2D eigenvalue weighted by atomic mass is 10.0. The molecular weight excluding hydrogens is 449 g/mol. The molecule has 3 nitrogen and oxygen atoms in total. The summed E-state index contributed by atoms with van der Waals surface area (Å²) < 4.78 is 25.8. The van der Waals surface area contributed by atoms with Gasteiger partial charge in [0.2, 0.25) is 0 Å². The molecule has 0 bridgehead atoms. The highest BCUT2D eigenvalue weighted by atomic mass is 19.1. The number of nitrogens with zero attached hydrogens (tertiary/aromatic N) is 1. The SMILES string of the molecule is C=CCOc1ccc(-c2ccc(-c3ccc(C=CCCCC(C)OCCCCC)nc3)cc2)c(F)c1. The average molecular weight is 488 g/mol. The third-order valence-electron chi connectivity index (χ3n) is 6.04. The van der Waals surface area contributed by atoms with Gasteiger partial charge in [0.15, 0.2) is 0 Å². The Morgan fingerprint density at radius 1 is 0.972 bits per heavy atom. The monoisotopic (exact) mass is 487 g/mol. The van der Waals surface area contributed by atoms with Crippen molar-refractivity contribution in [2.45, 2.75) is 58.5 Å². The van der Waals surface area contributed by atoms with E-state index in [4.69, 9.17) is 9.47 Å². The molecule has 0 aliphatic rings. The van der Waals surface area contributed by atoms with Crippen LogP contribution in [-0.2, 0) is 4.74 Å². The van der Waals surface area contributed by atoms with Gasteiger partial charge < -0.3 is 9.47 Å². The van der Waals surface area contributed by atoms with Crippen molar-refractivity contribution in [1.29, 1.82) is 0 Å². The minimum Gasteiger partial charge on any atom is -0.489 e. The fraction of sp³-hybridized carbons (Fsp3) is 0.344. The van der Waals surface area contributed by atoms with Crippen molar-refractivity contribution in [2.24, 2.45) is 0 Å². The topological polar surface area (TPSA) is 31.4 Å². The number of aromatic nitrogens is 1. The molecule has 4 heteroatoms. The lowest BCUT2D eigenvalue weighted by Crippen LogP contribution is -2.08. The van der Waals surface area contributed by atoms with Crippen LogP contribution in [0.5, 0.6) is 5.75 Å². The number of ether oxygens (including phenoxy) is 2. The Labute approximate surface area is 215 Å². The van der Waals surface area contributed by atoms with Crippen molar-refractivity contribution in [3.05, 3.63) is 91.0 Å². The van der Waals surface area contributed by atoms with Crippen LogP contribution in [0.1, 0.15) is 58.1 Å². The Bertz CT molecular complexity index is 1090. The minimum atomic E-state index is -0.309. The van der Waals surface area contributed by atoms with Crippen LogP contribution < -0.4 is 4.74 Å². The van der Waals surface area contributed by atoms with Crippen molar-refractivity contribution >= 4 is 6.08 Å². The number of halogens is 1. The zero-order valence-electron chi connectivity index (χ0n) is 21.6. The van der Waals surface area contributed by atoms with Crippen LogP contribution in [0.15, 0.2) is 79.5 Å². The molecule has 0 fully saturated rings. The van der Waals surface area contributed by atoms with E-state index in [0.29, 0.717) is 24.0 Å². The van der Waals surface area contributed by atoms with Gasteiger partial charge in [-0.05, 0) is 68.0 Å². The maximum Gasteiger partial charge on any atom is 0.134 e. The minimum absolute atomic E-state index is 0.309. The smallest absolute Gasteiger partial charge is 0.134 e. The van der Waals surface area contributed by atoms with Crippen LogP contribution in [0.25, 0.3) is 28.3 Å². The number of pyridine rings is 1. The number of allylic oxidation sites excluding steroid dienone is 1. The third-order valence-corrected chi connectivity index (χ3v) is 6.04. The zero-order chi connectivity index (χ0) is 25.6. The maximum absolute atomic E-state index is 14.6. The van der Waals surface area contributed by atoms with Gasteiger partial charge in [-0.3, -0.25) is 4.98 Å². The highest BCUT2D eigenvalue weighted by Crippen LogP contribution is 2.29. The van der Waals surface area contributed by atoms with E-state index >= 15 is 0 Å². The summed E-state index contributed by atoms with van der Waals surface area (Å²) in [6.45, 7) is 9.21. The fourth-order valence-corrected chi connectivity index (χ4v) is 3.94. The second kappa shape index (κ2) is 15.0. The molecule has 1 unspecified atom stereocenters. The molecule has 2 aromatic carbocycles. The quantitative estimate of drug-likeness (QED) is 0.158. The summed E-state index contributed by atoms with van der Waals surface area (Å²) in [6, 6.07) is 16.9. The molecule has 36 heavy (non-hydrogen) atoms. The highest BCUT2D eigenvalue weighted by molar-refractivity contribution is 5.71. The largest absolute Gasteiger partial charge is 0.489 e. The number of benzene rings is 2. The molecule has 0 saturated carbocycles. The first kappa shape index (κ1) is 27.3. The van der Waals surface area contributed by atoms with Gasteiger partial charge in [-0.25, -0.2) is 4.39 Å². The van der Waals surface area contributed by atoms with Crippen molar-refractivity contribution in [1.82, 2.24) is 4.98 Å². The summed E-state index contributed by atoms with van der Waals surface area (Å²) in [5, 5.41) is 0. The first-order chi connectivity index (χ1) is 17.6. The van der Waals surface area contributed by atoms with Gasteiger partial charge in [-0.2, -0.15) is 0 Å². The number of hydrogen-bond donors (Lipinski definition) is 0. The predicted octanol–water partition coefficient (Wildman–Crippen LogP) is 8.90. The molecule has 0 aliphatic carbocycles. The summed E-state index contributed by atoms with van der Waals surface area (Å²) in [5.74, 6) is 0.186. The second-order valence-electron chi connectivity index (χ2n) is 9.01. The summed E-state index contributed by atoms with van der Waals surface area (Å²) in [4.78, 5) is 4.58. The molecule has 1 atom stereocenters. The van der Waals surface area contributed by atoms with E-state index in [1.54, 1.807) is 18.2 Å². The molecule has 0 aliphatic heterocycles. The Kier molecular flexibility index (Phi) is 11.4. The summed E-state index contributed by atoms with van der Waals surface area (Å²) in [7, 11) is 0. The second-order valence-corrected chi connectivity index (χ2v) is 9.01. The van der Waals surface area contributed by atoms with E-state index in [9.17, 15) is 4.39 Å². The predicted molar refractivity (Wildman–Crippen MR) is 149 cm³/mol. The molecule has 3 rings (SSSR count). The number of unbranched alkanes of at least 4 members (excludes halogenated alkanes) is 3. The van der Waals surface area contributed by atoms with Gasteiger partial charge in [0, 0.05) is 30.0 Å². The first-order valence-corrected chi connectivity index (χ1v) is 13.0. The van der Waals surface area contributed by atoms with Crippen molar-refractivity contribution < 1.29 is 13.9 Å². The Balaban J connectivity index is 1.49. The van der Waals surface area contributed by atoms with E-state index in [0.717, 1.165) is 54.7 Å². The van der Waals surface area contributed by atoms with Gasteiger partial charge in [0.25, 0.3) is 0 Å². The molecule has 0 saturated heterocycles. The number of hydrogen-bond acceptors (Lipinski definition) is 3. The zero-order valence-corrected chi connectivity index (χ0v) is 21.6. The van der Waals surface area contributed by atoms with E-state index in [1.807, 2.05) is 36.5 Å². The van der Waals surface area contributed by atoms with E-state index in [2.05, 4.69) is 43.6 Å². The normalized spacial score (nSPS) is 12.1. The maximum atomic E-state index is 14.6. The average Bonchev–Trinajstić information content (AvgIpc) is 2.90. The van der Waals surface area contributed by atoms with Gasteiger partial charge in [0.1, 0.15) is 18.2 Å². The molecule has 190 valence electrons. The third kappa shape index (κ3) is 8.76. The van der Waals surface area contributed by atoms with Gasteiger partial charge in [-0.15, -0.1) is 0 Å². The Hall–Kier alpha value is -3.24. The molecule has 0 radical (unpaired) electrons. The van der Waals surface area contributed by atoms with Crippen LogP contribution >= 0.6 is 0 Å². The van der Waals surface area contributed by atoms with Crippen LogP contribution in [0.4, 0.5) is 4.39 Å². The lowest BCUT2D eigenvalue weighted by Gasteiger charge is -2.11. The molecule has 0 spiro atoms. The molecule has 1 heterocycles. The molecule has 0 N–H and O–H groups in total.